The molecule has 0 radical (unpaired) electrons. The van der Waals surface area contributed by atoms with E-state index >= 15 is 0 Å². The normalized spacial score (nSPS) is 16.3. The maximum Gasteiger partial charge on any atom is 0.240 e. The third kappa shape index (κ3) is 4.07. The summed E-state index contributed by atoms with van der Waals surface area (Å²) in [6, 6.07) is 9.41. The molecule has 0 aliphatic heterocycles. The molecule has 0 atom stereocenters. The van der Waals surface area contributed by atoms with E-state index in [1.807, 2.05) is 42.5 Å². The monoisotopic (exact) mass is 669 g/mol. The third-order valence-corrected chi connectivity index (χ3v) is 8.94. The molecular formula is C45H27N5O. The van der Waals surface area contributed by atoms with Gasteiger partial charge in [-0.15, -0.1) is 0 Å². The number of nitrogens with zero attached hydrogens (tertiary/aromatic N) is 5. The molecule has 0 bridgehead atoms. The number of rotatable bonds is 4. The Kier molecular flexibility index (Phi) is 3.48. The van der Waals surface area contributed by atoms with E-state index in [1.165, 1.54) is 0 Å². The first-order chi connectivity index (χ1) is 32.0. The lowest BCUT2D eigenvalue weighted by Crippen LogP contribution is -2.10. The van der Waals surface area contributed by atoms with Crippen LogP contribution < -0.4 is 0 Å². The van der Waals surface area contributed by atoms with E-state index < -0.39 is 109 Å². The Morgan fingerprint density at radius 1 is 0.412 bits per heavy atom. The van der Waals surface area contributed by atoms with Crippen LogP contribution in [0.1, 0.15) is 21.9 Å². The Hall–Kier alpha value is -7.05. The van der Waals surface area contributed by atoms with E-state index in [2.05, 4.69) is 0 Å². The minimum Gasteiger partial charge on any atom is -0.455 e. The molecule has 0 saturated heterocycles. The van der Waals surface area contributed by atoms with Crippen LogP contribution in [-0.2, 0) is 0 Å². The highest BCUT2D eigenvalue weighted by atomic mass is 16.3. The number of para-hydroxylation sites is 6. The summed E-state index contributed by atoms with van der Waals surface area (Å²) < 4.78 is 151. The Labute approximate surface area is 314 Å². The number of fused-ring (bicyclic) bond motifs is 9. The summed E-state index contributed by atoms with van der Waals surface area (Å²) in [4.78, 5) is 14.6. The second-order valence-electron chi connectivity index (χ2n) is 11.7. The highest BCUT2D eigenvalue weighted by Gasteiger charge is 2.22. The van der Waals surface area contributed by atoms with Crippen LogP contribution in [0.3, 0.4) is 0 Å². The van der Waals surface area contributed by atoms with Crippen molar-refractivity contribution in [2.45, 2.75) is 0 Å². The summed E-state index contributed by atoms with van der Waals surface area (Å²) >= 11 is 0. The molecule has 0 saturated carbocycles. The number of benzene rings is 7. The van der Waals surface area contributed by atoms with Crippen molar-refractivity contribution in [3.63, 3.8) is 0 Å². The molecule has 0 aliphatic carbocycles. The van der Waals surface area contributed by atoms with Gasteiger partial charge in [0.1, 0.15) is 11.2 Å². The second kappa shape index (κ2) is 10.7. The molecule has 51 heavy (non-hydrogen) atoms. The van der Waals surface area contributed by atoms with Crippen LogP contribution in [-0.4, -0.2) is 24.1 Å². The van der Waals surface area contributed by atoms with Crippen LogP contribution in [0.5, 0.6) is 0 Å². The van der Waals surface area contributed by atoms with Gasteiger partial charge in [0.15, 0.2) is 5.82 Å². The molecule has 0 fully saturated rings. The van der Waals surface area contributed by atoms with Crippen molar-refractivity contribution in [1.82, 2.24) is 24.1 Å². The molecule has 4 heterocycles. The first-order valence-corrected chi connectivity index (χ1v) is 15.7. The quantitative estimate of drug-likeness (QED) is 0.187. The maximum absolute atomic E-state index is 9.20. The second-order valence-corrected chi connectivity index (χ2v) is 11.7. The van der Waals surface area contributed by atoms with E-state index in [0.717, 1.165) is 19.9 Å². The molecule has 7 aromatic carbocycles. The van der Waals surface area contributed by atoms with Crippen molar-refractivity contribution >= 4 is 65.6 Å². The molecular weight excluding hydrogens is 627 g/mol. The Balaban J connectivity index is 1.37. The first-order valence-electron chi connectivity index (χ1n) is 23.7. The van der Waals surface area contributed by atoms with Gasteiger partial charge in [0.05, 0.1) is 44.0 Å². The zero-order valence-corrected chi connectivity index (χ0v) is 26.0. The number of aromatic nitrogens is 5. The minimum atomic E-state index is -0.704. The molecule has 238 valence electrons. The van der Waals surface area contributed by atoms with Crippen LogP contribution in [0.2, 0.25) is 0 Å². The van der Waals surface area contributed by atoms with Gasteiger partial charge in [-0.05, 0) is 35.8 Å². The molecule has 0 N–H and O–H groups in total. The molecule has 0 spiro atoms. The number of hydrogen-bond acceptors (Lipinski definition) is 4. The molecule has 6 heteroatoms. The molecule has 11 aromatic rings. The SMILES string of the molecule is [2H]c1c([2H])c([2H])c2c(c1[2H])c1c([2H])c([2H])c([2H])c([2H])c1n2-c1nc(-c2ccccc2-c2cccc3c2oc2ccccc23)nc(-n2c3c([2H])c([2H])c([2H])c([2H])c3c3c([2H])c([2H])c([2H])c([2H])c32)n1. The largest absolute Gasteiger partial charge is 0.455 e. The fourth-order valence-corrected chi connectivity index (χ4v) is 6.79. The van der Waals surface area contributed by atoms with Crippen LogP contribution >= 0.6 is 0 Å². The van der Waals surface area contributed by atoms with Crippen LogP contribution in [0, 0.1) is 0 Å². The van der Waals surface area contributed by atoms with Crippen molar-refractivity contribution < 1.29 is 26.3 Å². The van der Waals surface area contributed by atoms with Crippen molar-refractivity contribution in [3.8, 4) is 34.4 Å². The minimum absolute atomic E-state index is 0.169. The van der Waals surface area contributed by atoms with Crippen LogP contribution in [0.4, 0.5) is 0 Å². The van der Waals surface area contributed by atoms with Gasteiger partial charge in [0.2, 0.25) is 11.9 Å². The Bertz CT molecular complexity index is 3750. The maximum atomic E-state index is 9.20. The molecule has 0 unspecified atom stereocenters. The van der Waals surface area contributed by atoms with Gasteiger partial charge in [0.25, 0.3) is 0 Å². The average molecular weight is 670 g/mol. The topological polar surface area (TPSA) is 61.7 Å². The van der Waals surface area contributed by atoms with Crippen molar-refractivity contribution in [2.24, 2.45) is 0 Å². The summed E-state index contributed by atoms with van der Waals surface area (Å²) in [5.74, 6) is -1.14. The summed E-state index contributed by atoms with van der Waals surface area (Å²) in [6.45, 7) is 0. The van der Waals surface area contributed by atoms with Gasteiger partial charge in [0, 0.05) is 43.4 Å². The fourth-order valence-electron chi connectivity index (χ4n) is 6.79. The van der Waals surface area contributed by atoms with E-state index in [1.54, 1.807) is 24.3 Å². The summed E-state index contributed by atoms with van der Waals surface area (Å²) in [6.07, 6.45) is 0. The predicted octanol–water partition coefficient (Wildman–Crippen LogP) is 11.3. The van der Waals surface area contributed by atoms with Gasteiger partial charge in [-0.3, -0.25) is 9.13 Å². The highest BCUT2D eigenvalue weighted by Crippen LogP contribution is 2.40. The van der Waals surface area contributed by atoms with E-state index in [4.69, 9.17) is 35.8 Å². The van der Waals surface area contributed by atoms with Crippen molar-refractivity contribution in [1.29, 1.82) is 0 Å². The zero-order chi connectivity index (χ0) is 47.4. The summed E-state index contributed by atoms with van der Waals surface area (Å²) in [5.41, 5.74) is 1.20. The van der Waals surface area contributed by atoms with Gasteiger partial charge < -0.3 is 4.42 Å². The number of hydrogen-bond donors (Lipinski definition) is 0. The van der Waals surface area contributed by atoms with Gasteiger partial charge >= 0.3 is 0 Å². The molecule has 6 nitrogen and oxygen atoms in total. The standard InChI is InChI=1S/C45H27N5O/c1-2-20-36(28(14-1)34-21-13-22-35-33-19-7-12-27-41(33)51-42(34)35)43-46-44(49-37-23-8-3-15-29(37)30-16-4-9-24-38(30)49)48-45(47-43)50-39-25-10-5-17-31(39)32-18-6-11-26-40(32)50/h1-27H/i3D,4D,5D,6D,8D,9D,10D,11D,15D,16D,17D,18D,23D,24D,25D,26D. The van der Waals surface area contributed by atoms with Crippen molar-refractivity contribution in [3.05, 3.63) is 163 Å². The summed E-state index contributed by atoms with van der Waals surface area (Å²) in [5, 5.41) is 0.564. The van der Waals surface area contributed by atoms with Crippen LogP contribution in [0.25, 0.3) is 100.0 Å². The van der Waals surface area contributed by atoms with Crippen LogP contribution in [0.15, 0.2) is 168 Å². The van der Waals surface area contributed by atoms with E-state index in [0.29, 0.717) is 27.9 Å². The van der Waals surface area contributed by atoms with Gasteiger partial charge in [-0.2, -0.15) is 15.0 Å². The smallest absolute Gasteiger partial charge is 0.240 e. The van der Waals surface area contributed by atoms with E-state index in [9.17, 15) is 5.48 Å². The summed E-state index contributed by atoms with van der Waals surface area (Å²) in [7, 11) is 0. The molecule has 4 aromatic heterocycles. The molecule has 11 rings (SSSR count). The van der Waals surface area contributed by atoms with Crippen molar-refractivity contribution in [2.75, 3.05) is 0 Å². The molecule has 0 amide bonds. The fraction of sp³-hybridized carbons (Fsp3) is 0. The predicted molar refractivity (Wildman–Crippen MR) is 207 cm³/mol. The third-order valence-electron chi connectivity index (χ3n) is 8.94. The number of furan rings is 1. The van der Waals surface area contributed by atoms with Gasteiger partial charge in [-0.25, -0.2) is 0 Å². The van der Waals surface area contributed by atoms with E-state index in [-0.39, 0.29) is 49.4 Å². The average Bonchev–Trinajstić information content (AvgIpc) is 4.03. The highest BCUT2D eigenvalue weighted by molar-refractivity contribution is 6.12. The van der Waals surface area contributed by atoms with Gasteiger partial charge in [-0.1, -0.05) is 133 Å². The molecule has 0 aliphatic rings. The first kappa shape index (κ1) is 16.6. The lowest BCUT2D eigenvalue weighted by atomic mass is 9.97. The lowest BCUT2D eigenvalue weighted by molar-refractivity contribution is 0.670. The lowest BCUT2D eigenvalue weighted by Gasteiger charge is -2.14. The zero-order valence-electron chi connectivity index (χ0n) is 42.0. The Morgan fingerprint density at radius 2 is 0.863 bits per heavy atom. The Morgan fingerprint density at radius 3 is 1.43 bits per heavy atom.